The van der Waals surface area contributed by atoms with Gasteiger partial charge < -0.3 is 14.5 Å². The van der Waals surface area contributed by atoms with E-state index in [0.29, 0.717) is 18.0 Å². The molecule has 0 spiro atoms. The number of ether oxygens (including phenoxy) is 1. The molecule has 0 atom stereocenters. The molecule has 27 heavy (non-hydrogen) atoms. The lowest BCUT2D eigenvalue weighted by Gasteiger charge is -2.39. The summed E-state index contributed by atoms with van der Waals surface area (Å²) < 4.78 is 7.13. The van der Waals surface area contributed by atoms with E-state index in [0.717, 1.165) is 43.2 Å². The van der Waals surface area contributed by atoms with Gasteiger partial charge in [0.25, 0.3) is 0 Å². The van der Waals surface area contributed by atoms with Gasteiger partial charge in [-0.15, -0.1) is 5.10 Å². The summed E-state index contributed by atoms with van der Waals surface area (Å²) in [5.41, 5.74) is 0.881. The quantitative estimate of drug-likeness (QED) is 0.686. The second-order valence-corrected chi connectivity index (χ2v) is 7.20. The van der Waals surface area contributed by atoms with Crippen LogP contribution in [0.25, 0.3) is 5.65 Å². The van der Waals surface area contributed by atoms with Crippen LogP contribution in [0.1, 0.15) is 25.7 Å². The number of aromatic nitrogens is 5. The van der Waals surface area contributed by atoms with E-state index in [1.54, 1.807) is 19.6 Å². The number of nitrogens with zero attached hydrogens (tertiary/aromatic N) is 7. The third-order valence-electron chi connectivity index (χ3n) is 5.46. The largest absolute Gasteiger partial charge is 0.481 e. The first-order chi connectivity index (χ1) is 13.3. The summed E-state index contributed by atoms with van der Waals surface area (Å²) in [5, 5.41) is 4.69. The number of imidazole rings is 1. The van der Waals surface area contributed by atoms with Gasteiger partial charge in [-0.2, -0.15) is 0 Å². The minimum atomic E-state index is 0.491. The summed E-state index contributed by atoms with van der Waals surface area (Å²) in [5.74, 6) is 2.63. The SMILES string of the molecule is COc1cc(N(C2CC2)C2CCN(c3ccc4nccn4n3)CC2)ncn1. The number of piperidine rings is 1. The third kappa shape index (κ3) is 3.15. The molecule has 0 unspecified atom stereocenters. The van der Waals surface area contributed by atoms with Crippen LogP contribution in [0, 0.1) is 0 Å². The summed E-state index contributed by atoms with van der Waals surface area (Å²) in [4.78, 5) is 17.8. The van der Waals surface area contributed by atoms with Gasteiger partial charge in [-0.25, -0.2) is 19.5 Å². The van der Waals surface area contributed by atoms with E-state index < -0.39 is 0 Å². The van der Waals surface area contributed by atoms with Crippen molar-refractivity contribution in [2.45, 2.75) is 37.8 Å². The second-order valence-electron chi connectivity index (χ2n) is 7.20. The number of fused-ring (bicyclic) bond motifs is 1. The normalized spacial score (nSPS) is 18.0. The second kappa shape index (κ2) is 6.68. The minimum absolute atomic E-state index is 0.491. The molecule has 8 nitrogen and oxygen atoms in total. The molecule has 5 rings (SSSR count). The number of anilines is 2. The highest BCUT2D eigenvalue weighted by atomic mass is 16.5. The van der Waals surface area contributed by atoms with Crippen LogP contribution in [-0.4, -0.2) is 56.8 Å². The van der Waals surface area contributed by atoms with Crippen molar-refractivity contribution in [3.63, 3.8) is 0 Å². The third-order valence-corrected chi connectivity index (χ3v) is 5.46. The van der Waals surface area contributed by atoms with Crippen LogP contribution < -0.4 is 14.5 Å². The average Bonchev–Trinajstić information content (AvgIpc) is 3.44. The molecular formula is C19H23N7O. The van der Waals surface area contributed by atoms with Gasteiger partial charge in [0.1, 0.15) is 18.0 Å². The van der Waals surface area contributed by atoms with Gasteiger partial charge >= 0.3 is 0 Å². The van der Waals surface area contributed by atoms with Crippen LogP contribution in [0.2, 0.25) is 0 Å². The van der Waals surface area contributed by atoms with Crippen LogP contribution in [0.5, 0.6) is 5.88 Å². The number of hydrogen-bond acceptors (Lipinski definition) is 7. The number of hydrogen-bond donors (Lipinski definition) is 0. The maximum Gasteiger partial charge on any atom is 0.218 e. The molecule has 2 aliphatic rings. The highest BCUT2D eigenvalue weighted by molar-refractivity contribution is 5.48. The Morgan fingerprint density at radius 2 is 1.85 bits per heavy atom. The number of rotatable bonds is 5. The topological polar surface area (TPSA) is 71.7 Å². The van der Waals surface area contributed by atoms with E-state index in [4.69, 9.17) is 4.74 Å². The van der Waals surface area contributed by atoms with Crippen LogP contribution >= 0.6 is 0 Å². The first-order valence-electron chi connectivity index (χ1n) is 9.51. The van der Waals surface area contributed by atoms with E-state index >= 15 is 0 Å². The van der Waals surface area contributed by atoms with Gasteiger partial charge in [-0.3, -0.25) is 0 Å². The molecular weight excluding hydrogens is 342 g/mol. The highest BCUT2D eigenvalue weighted by Crippen LogP contribution is 2.36. The zero-order chi connectivity index (χ0) is 18.2. The van der Waals surface area contributed by atoms with E-state index in [9.17, 15) is 0 Å². The van der Waals surface area contributed by atoms with Gasteiger partial charge in [0.15, 0.2) is 5.65 Å². The monoisotopic (exact) mass is 365 g/mol. The average molecular weight is 365 g/mol. The molecule has 4 heterocycles. The van der Waals surface area contributed by atoms with Gasteiger partial charge in [0, 0.05) is 43.6 Å². The summed E-state index contributed by atoms with van der Waals surface area (Å²) in [6.07, 6.45) is 9.93. The maximum absolute atomic E-state index is 5.29. The Labute approximate surface area is 157 Å². The first-order valence-corrected chi connectivity index (χ1v) is 9.51. The molecule has 1 saturated heterocycles. The molecule has 1 saturated carbocycles. The van der Waals surface area contributed by atoms with E-state index in [1.807, 2.05) is 22.8 Å². The standard InChI is InChI=1S/C19H23N7O/c1-27-19-12-18(21-13-22-19)26(14-2-3-14)15-6-9-24(10-7-15)17-5-4-16-20-8-11-25(16)23-17/h4-5,8,11-15H,2-3,6-7,9-10H2,1H3. The predicted molar refractivity (Wildman–Crippen MR) is 102 cm³/mol. The summed E-state index contributed by atoms with van der Waals surface area (Å²) in [6.45, 7) is 1.98. The molecule has 0 N–H and O–H groups in total. The van der Waals surface area contributed by atoms with Crippen molar-refractivity contribution in [2.75, 3.05) is 30.0 Å². The highest BCUT2D eigenvalue weighted by Gasteiger charge is 2.36. The van der Waals surface area contributed by atoms with E-state index in [2.05, 4.69) is 35.9 Å². The molecule has 2 fully saturated rings. The van der Waals surface area contributed by atoms with Gasteiger partial charge in [-0.1, -0.05) is 0 Å². The molecule has 0 bridgehead atoms. The molecule has 1 aliphatic carbocycles. The van der Waals surface area contributed by atoms with Crippen molar-refractivity contribution in [1.29, 1.82) is 0 Å². The molecule has 8 heteroatoms. The van der Waals surface area contributed by atoms with Crippen molar-refractivity contribution in [3.8, 4) is 5.88 Å². The fraction of sp³-hybridized carbons (Fsp3) is 0.474. The van der Waals surface area contributed by atoms with Crippen molar-refractivity contribution in [2.24, 2.45) is 0 Å². The summed E-state index contributed by atoms with van der Waals surface area (Å²) in [7, 11) is 1.65. The Morgan fingerprint density at radius 1 is 1.04 bits per heavy atom. The summed E-state index contributed by atoms with van der Waals surface area (Å²) in [6, 6.07) is 7.14. The first kappa shape index (κ1) is 16.3. The maximum atomic E-state index is 5.29. The zero-order valence-electron chi connectivity index (χ0n) is 15.4. The predicted octanol–water partition coefficient (Wildman–Crippen LogP) is 2.17. The van der Waals surface area contributed by atoms with Crippen LogP contribution in [0.15, 0.2) is 36.9 Å². The van der Waals surface area contributed by atoms with E-state index in [1.165, 1.54) is 12.8 Å². The van der Waals surface area contributed by atoms with Crippen LogP contribution in [0.3, 0.4) is 0 Å². The minimum Gasteiger partial charge on any atom is -0.481 e. The molecule has 1 aliphatic heterocycles. The van der Waals surface area contributed by atoms with Gasteiger partial charge in [0.05, 0.1) is 7.11 Å². The Hall–Kier alpha value is -2.90. The summed E-state index contributed by atoms with van der Waals surface area (Å²) >= 11 is 0. The van der Waals surface area contributed by atoms with Crippen molar-refractivity contribution < 1.29 is 4.74 Å². The lowest BCUT2D eigenvalue weighted by molar-refractivity contribution is 0.395. The van der Waals surface area contributed by atoms with Crippen LogP contribution in [-0.2, 0) is 0 Å². The van der Waals surface area contributed by atoms with Crippen molar-refractivity contribution in [1.82, 2.24) is 24.6 Å². The Morgan fingerprint density at radius 3 is 2.63 bits per heavy atom. The lowest BCUT2D eigenvalue weighted by atomic mass is 10.0. The van der Waals surface area contributed by atoms with Crippen LogP contribution in [0.4, 0.5) is 11.6 Å². The van der Waals surface area contributed by atoms with Crippen molar-refractivity contribution >= 4 is 17.3 Å². The van der Waals surface area contributed by atoms with Crippen molar-refractivity contribution in [3.05, 3.63) is 36.9 Å². The lowest BCUT2D eigenvalue weighted by Crippen LogP contribution is -2.46. The molecule has 3 aromatic rings. The van der Waals surface area contributed by atoms with Gasteiger partial charge in [-0.05, 0) is 37.8 Å². The molecule has 0 aromatic carbocycles. The Bertz CT molecular complexity index is 930. The molecule has 0 radical (unpaired) electrons. The molecule has 0 amide bonds. The smallest absolute Gasteiger partial charge is 0.218 e. The Balaban J connectivity index is 1.32. The van der Waals surface area contributed by atoms with Gasteiger partial charge in [0.2, 0.25) is 5.88 Å². The fourth-order valence-electron chi connectivity index (χ4n) is 3.95. The zero-order valence-corrected chi connectivity index (χ0v) is 15.4. The Kier molecular flexibility index (Phi) is 4.03. The number of methoxy groups -OCH3 is 1. The molecule has 3 aromatic heterocycles. The van der Waals surface area contributed by atoms with E-state index in [-0.39, 0.29) is 0 Å². The fourth-order valence-corrected chi connectivity index (χ4v) is 3.95. The molecule has 140 valence electrons.